The Balaban J connectivity index is 2.37. The van der Waals surface area contributed by atoms with Gasteiger partial charge in [0.25, 0.3) is 0 Å². The van der Waals surface area contributed by atoms with Crippen molar-refractivity contribution in [1.29, 1.82) is 0 Å². The standard InChI is InChI=1S/C20H28N2O4/c1-12(2)18(24)16(23)11-13(3)19(25)21-17-15-8-6-5-7-14(15)9-10-22(4)20(17)26/h5-8,12-13,17-18,24H,9-11H2,1-4H3,(H,21,25)/t13-,17+,18+/m1/s1/i5D,6D,7D,8D. The van der Waals surface area contributed by atoms with Gasteiger partial charge in [-0.05, 0) is 23.5 Å². The molecule has 0 saturated heterocycles. The fourth-order valence-corrected chi connectivity index (χ4v) is 2.83. The summed E-state index contributed by atoms with van der Waals surface area (Å²) in [6, 6.07) is -2.73. The number of carbonyl (C=O) groups is 3. The van der Waals surface area contributed by atoms with Crippen LogP contribution >= 0.6 is 0 Å². The molecule has 2 N–H and O–H groups in total. The molecule has 0 bridgehead atoms. The van der Waals surface area contributed by atoms with Crippen molar-refractivity contribution in [1.82, 2.24) is 10.2 Å². The summed E-state index contributed by atoms with van der Waals surface area (Å²) < 4.78 is 32.3. The molecule has 1 aliphatic rings. The molecule has 1 aromatic carbocycles. The molecule has 1 heterocycles. The Kier molecular flexibility index (Phi) is 4.84. The van der Waals surface area contributed by atoms with Gasteiger partial charge in [0.15, 0.2) is 5.78 Å². The van der Waals surface area contributed by atoms with Crippen molar-refractivity contribution in [3.63, 3.8) is 0 Å². The number of aliphatic hydroxyl groups excluding tert-OH is 1. The molecule has 142 valence electrons. The van der Waals surface area contributed by atoms with Crippen LogP contribution in [0.2, 0.25) is 0 Å². The van der Waals surface area contributed by atoms with E-state index in [0.717, 1.165) is 0 Å². The van der Waals surface area contributed by atoms with E-state index in [1.54, 1.807) is 13.8 Å². The molecule has 1 aliphatic heterocycles. The van der Waals surface area contributed by atoms with Gasteiger partial charge in [-0.15, -0.1) is 0 Å². The molecule has 0 radical (unpaired) electrons. The number of carbonyl (C=O) groups excluding carboxylic acids is 3. The number of hydrogen-bond donors (Lipinski definition) is 2. The predicted molar refractivity (Wildman–Crippen MR) is 98.3 cm³/mol. The second-order valence-corrected chi connectivity index (χ2v) is 7.10. The third-order valence-electron chi connectivity index (χ3n) is 4.61. The predicted octanol–water partition coefficient (Wildman–Crippen LogP) is 1.47. The van der Waals surface area contributed by atoms with Crippen LogP contribution in [-0.2, 0) is 20.8 Å². The minimum atomic E-state index is -1.28. The van der Waals surface area contributed by atoms with Gasteiger partial charge in [0, 0.05) is 25.9 Å². The lowest BCUT2D eigenvalue weighted by atomic mass is 9.94. The molecule has 0 fully saturated rings. The van der Waals surface area contributed by atoms with Crippen molar-refractivity contribution < 1.29 is 25.0 Å². The number of amides is 2. The Morgan fingerprint density at radius 2 is 2.00 bits per heavy atom. The number of nitrogens with one attached hydrogen (secondary N) is 1. The summed E-state index contributed by atoms with van der Waals surface area (Å²) in [7, 11) is 1.54. The van der Waals surface area contributed by atoms with Crippen LogP contribution in [-0.4, -0.2) is 47.3 Å². The lowest BCUT2D eigenvalue weighted by Crippen LogP contribution is -2.43. The molecular formula is C20H28N2O4. The zero-order chi connectivity index (χ0) is 22.9. The largest absolute Gasteiger partial charge is 0.385 e. The summed E-state index contributed by atoms with van der Waals surface area (Å²) in [5, 5.41) is 12.5. The van der Waals surface area contributed by atoms with Crippen molar-refractivity contribution in [2.24, 2.45) is 11.8 Å². The first-order valence-electron chi connectivity index (χ1n) is 10.7. The molecule has 26 heavy (non-hydrogen) atoms. The highest BCUT2D eigenvalue weighted by atomic mass is 16.3. The fraction of sp³-hybridized carbons (Fsp3) is 0.550. The van der Waals surface area contributed by atoms with Crippen molar-refractivity contribution in [3.8, 4) is 0 Å². The van der Waals surface area contributed by atoms with Crippen LogP contribution in [0.15, 0.2) is 24.2 Å². The first-order valence-corrected chi connectivity index (χ1v) is 8.73. The molecular weight excluding hydrogens is 332 g/mol. The average molecular weight is 364 g/mol. The average Bonchev–Trinajstić information content (AvgIpc) is 2.81. The number of nitrogens with zero attached hydrogens (tertiary/aromatic N) is 1. The summed E-state index contributed by atoms with van der Waals surface area (Å²) in [4.78, 5) is 39.2. The molecule has 0 saturated carbocycles. The van der Waals surface area contributed by atoms with Gasteiger partial charge in [-0.1, -0.05) is 44.9 Å². The Morgan fingerprint density at radius 3 is 2.65 bits per heavy atom. The van der Waals surface area contributed by atoms with Gasteiger partial charge in [0.1, 0.15) is 12.1 Å². The van der Waals surface area contributed by atoms with E-state index in [2.05, 4.69) is 5.32 Å². The monoisotopic (exact) mass is 364 g/mol. The summed E-state index contributed by atoms with van der Waals surface area (Å²) in [6.07, 6.45) is -1.16. The molecule has 1 aromatic rings. The maximum atomic E-state index is 12.9. The summed E-state index contributed by atoms with van der Waals surface area (Å²) in [5.74, 6) is -2.68. The highest BCUT2D eigenvalue weighted by Gasteiger charge is 2.32. The number of aliphatic hydroxyl groups is 1. The van der Waals surface area contributed by atoms with Crippen molar-refractivity contribution in [2.45, 2.75) is 45.8 Å². The minimum absolute atomic E-state index is 0.0597. The topological polar surface area (TPSA) is 86.7 Å². The molecule has 0 unspecified atom stereocenters. The van der Waals surface area contributed by atoms with E-state index in [1.807, 2.05) is 0 Å². The van der Waals surface area contributed by atoms with E-state index in [4.69, 9.17) is 5.48 Å². The number of likely N-dealkylation sites (N-methyl/N-ethyl adjacent to an activating group) is 1. The van der Waals surface area contributed by atoms with Gasteiger partial charge in [-0.3, -0.25) is 14.4 Å². The van der Waals surface area contributed by atoms with Crippen LogP contribution < -0.4 is 5.32 Å². The maximum absolute atomic E-state index is 12.9. The molecule has 3 atom stereocenters. The Hall–Kier alpha value is -2.21. The van der Waals surface area contributed by atoms with Crippen molar-refractivity contribution >= 4 is 17.6 Å². The van der Waals surface area contributed by atoms with Gasteiger partial charge in [-0.25, -0.2) is 0 Å². The number of hydrogen-bond acceptors (Lipinski definition) is 4. The van der Waals surface area contributed by atoms with E-state index >= 15 is 0 Å². The van der Waals surface area contributed by atoms with Crippen LogP contribution in [0.5, 0.6) is 0 Å². The second kappa shape index (κ2) is 8.45. The SMILES string of the molecule is [2H]c1c([2H])c([2H])c2c(c1[2H])CCN(C)C(=O)[C@H]2NC(=O)[C@H](C)CC(=O)[C@@H](O)C(C)C. The van der Waals surface area contributed by atoms with E-state index in [9.17, 15) is 19.5 Å². The highest BCUT2D eigenvalue weighted by molar-refractivity contribution is 5.92. The Labute approximate surface area is 160 Å². The van der Waals surface area contributed by atoms with E-state index in [1.165, 1.54) is 18.9 Å². The molecule has 2 amide bonds. The molecule has 6 nitrogen and oxygen atoms in total. The van der Waals surface area contributed by atoms with Gasteiger partial charge < -0.3 is 15.3 Å². The number of ketones is 1. The van der Waals surface area contributed by atoms with Gasteiger partial charge in [0.2, 0.25) is 11.8 Å². The third-order valence-corrected chi connectivity index (χ3v) is 4.61. The Morgan fingerprint density at radius 1 is 1.35 bits per heavy atom. The quantitative estimate of drug-likeness (QED) is 0.800. The van der Waals surface area contributed by atoms with Crippen LogP contribution in [0, 0.1) is 11.8 Å². The molecule has 0 aliphatic carbocycles. The Bertz CT molecular complexity index is 875. The zero-order valence-corrected chi connectivity index (χ0v) is 15.5. The van der Waals surface area contributed by atoms with E-state index in [-0.39, 0.29) is 49.0 Å². The molecule has 0 spiro atoms. The summed E-state index contributed by atoms with van der Waals surface area (Å²) in [6.45, 7) is 5.14. The smallest absolute Gasteiger partial charge is 0.249 e. The normalized spacial score (nSPS) is 21.7. The number of rotatable bonds is 6. The first-order chi connectivity index (χ1) is 13.9. The maximum Gasteiger partial charge on any atom is 0.249 e. The molecule has 2 rings (SSSR count). The van der Waals surface area contributed by atoms with Crippen LogP contribution in [0.1, 0.15) is 49.8 Å². The highest BCUT2D eigenvalue weighted by Crippen LogP contribution is 2.25. The number of benzene rings is 1. The fourth-order valence-electron chi connectivity index (χ4n) is 2.83. The first kappa shape index (κ1) is 14.9. The molecule has 6 heteroatoms. The van der Waals surface area contributed by atoms with Gasteiger partial charge in [-0.2, -0.15) is 0 Å². The van der Waals surface area contributed by atoms with Crippen molar-refractivity contribution in [2.75, 3.05) is 13.6 Å². The lowest BCUT2D eigenvalue weighted by Gasteiger charge is -2.24. The zero-order valence-electron chi connectivity index (χ0n) is 19.5. The van der Waals surface area contributed by atoms with E-state index < -0.39 is 41.7 Å². The lowest BCUT2D eigenvalue weighted by molar-refractivity contribution is -0.137. The third kappa shape index (κ3) is 4.49. The van der Waals surface area contributed by atoms with E-state index in [0.29, 0.717) is 5.56 Å². The van der Waals surface area contributed by atoms with Gasteiger partial charge >= 0.3 is 0 Å². The van der Waals surface area contributed by atoms with Gasteiger partial charge in [0.05, 0.1) is 5.48 Å². The molecule has 0 aromatic heterocycles. The second-order valence-electron chi connectivity index (χ2n) is 7.10. The number of fused-ring (bicyclic) bond motifs is 1. The minimum Gasteiger partial charge on any atom is -0.385 e. The van der Waals surface area contributed by atoms with Crippen LogP contribution in [0.25, 0.3) is 0 Å². The van der Waals surface area contributed by atoms with Crippen LogP contribution in [0.3, 0.4) is 0 Å². The summed E-state index contributed by atoms with van der Waals surface area (Å²) >= 11 is 0. The van der Waals surface area contributed by atoms with Crippen LogP contribution in [0.4, 0.5) is 0 Å². The summed E-state index contributed by atoms with van der Waals surface area (Å²) in [5.41, 5.74) is 0.354. The number of Topliss-reactive ketones (excluding diaryl/α,β-unsaturated/α-hetero) is 1. The van der Waals surface area contributed by atoms with Crippen molar-refractivity contribution in [3.05, 3.63) is 35.3 Å².